The molecule has 0 saturated carbocycles. The van der Waals surface area contributed by atoms with Crippen molar-refractivity contribution in [2.75, 3.05) is 0 Å². The van der Waals surface area contributed by atoms with Crippen LogP contribution in [0.1, 0.15) is 0 Å². The highest BCUT2D eigenvalue weighted by Crippen LogP contribution is 2.42. The van der Waals surface area contributed by atoms with Gasteiger partial charge in [0.05, 0.1) is 11.0 Å². The third-order valence-corrected chi connectivity index (χ3v) is 9.63. The van der Waals surface area contributed by atoms with E-state index in [1.165, 1.54) is 43.3 Å². The highest BCUT2D eigenvalue weighted by Gasteiger charge is 2.21. The fraction of sp³-hybridized carbons (Fsp3) is 0. The van der Waals surface area contributed by atoms with Crippen LogP contribution in [0.3, 0.4) is 0 Å². The lowest BCUT2D eigenvalue weighted by atomic mass is 9.97. The number of hydrogen-bond acceptors (Lipinski definition) is 3. The first-order valence-electron chi connectivity index (χ1n) is 16.5. The van der Waals surface area contributed by atoms with Crippen molar-refractivity contribution in [2.24, 2.45) is 0 Å². The molecule has 0 aliphatic rings. The highest BCUT2D eigenvalue weighted by molar-refractivity contribution is 6.30. The zero-order valence-electron chi connectivity index (χ0n) is 26.5. The van der Waals surface area contributed by atoms with Gasteiger partial charge in [0.2, 0.25) is 5.95 Å². The molecule has 0 aliphatic carbocycles. The number of aromatic nitrogens is 4. The largest absolute Gasteiger partial charge is 0.277 e. The minimum absolute atomic E-state index is 0.590. The van der Waals surface area contributed by atoms with Gasteiger partial charge < -0.3 is 0 Å². The van der Waals surface area contributed by atoms with Crippen LogP contribution in [-0.2, 0) is 0 Å². The summed E-state index contributed by atoms with van der Waals surface area (Å²) < 4.78 is 2.25. The van der Waals surface area contributed by atoms with Crippen LogP contribution in [0.2, 0.25) is 0 Å². The van der Waals surface area contributed by atoms with Gasteiger partial charge in [-0.25, -0.2) is 4.98 Å². The lowest BCUT2D eigenvalue weighted by Gasteiger charge is -2.12. The van der Waals surface area contributed by atoms with E-state index in [1.54, 1.807) is 0 Å². The molecule has 4 nitrogen and oxygen atoms in total. The Kier molecular flexibility index (Phi) is 6.15. The monoisotopic (exact) mass is 624 g/mol. The summed E-state index contributed by atoms with van der Waals surface area (Å²) in [6.45, 7) is 0. The maximum absolute atomic E-state index is 5.26. The Morgan fingerprint density at radius 2 is 0.837 bits per heavy atom. The molecular formula is C45H28N4. The molecule has 0 unspecified atom stereocenters. The smallest absolute Gasteiger partial charge is 0.238 e. The normalized spacial score (nSPS) is 11.7. The Hall–Kier alpha value is -6.65. The van der Waals surface area contributed by atoms with Crippen molar-refractivity contribution in [1.82, 2.24) is 19.5 Å². The second kappa shape index (κ2) is 11.0. The summed E-state index contributed by atoms with van der Waals surface area (Å²) in [6, 6.07) is 59.7. The van der Waals surface area contributed by atoms with Crippen LogP contribution in [0.4, 0.5) is 0 Å². The summed E-state index contributed by atoms with van der Waals surface area (Å²) >= 11 is 0. The molecule has 0 aliphatic heterocycles. The van der Waals surface area contributed by atoms with E-state index in [0.717, 1.165) is 33.1 Å². The summed E-state index contributed by atoms with van der Waals surface area (Å²) in [5.41, 5.74) is 6.34. The molecule has 0 bridgehead atoms. The second-order valence-electron chi connectivity index (χ2n) is 12.5. The third kappa shape index (κ3) is 4.42. The molecule has 0 amide bonds. The summed E-state index contributed by atoms with van der Waals surface area (Å²) in [6.07, 6.45) is 0. The molecule has 10 rings (SSSR count). The SMILES string of the molecule is c1ccc(-c2ccc(-c3nc(-c4ccccc4)nc(-n4c5ccc6ccc7ccccc7c6c5c5ccc6ccccc6c54)n3)cc2)cc1. The lowest BCUT2D eigenvalue weighted by Crippen LogP contribution is -2.06. The van der Waals surface area contributed by atoms with Crippen LogP contribution in [0.5, 0.6) is 0 Å². The van der Waals surface area contributed by atoms with E-state index in [4.69, 9.17) is 15.0 Å². The van der Waals surface area contributed by atoms with Crippen molar-refractivity contribution in [3.05, 3.63) is 170 Å². The third-order valence-electron chi connectivity index (χ3n) is 9.63. The Morgan fingerprint density at radius 3 is 1.57 bits per heavy atom. The average molecular weight is 625 g/mol. The van der Waals surface area contributed by atoms with Gasteiger partial charge in [0, 0.05) is 27.3 Å². The number of benzene rings is 8. The van der Waals surface area contributed by atoms with E-state index in [0.29, 0.717) is 17.6 Å². The topological polar surface area (TPSA) is 43.6 Å². The summed E-state index contributed by atoms with van der Waals surface area (Å²) in [4.78, 5) is 15.6. The molecule has 8 aromatic carbocycles. The number of nitrogens with zero attached hydrogens (tertiary/aromatic N) is 4. The van der Waals surface area contributed by atoms with Crippen LogP contribution in [0.25, 0.3) is 94.0 Å². The number of hydrogen-bond donors (Lipinski definition) is 0. The minimum atomic E-state index is 0.590. The molecule has 2 heterocycles. The standard InChI is InChI=1S/C45H28N4/c1-3-11-29(12-4-1)30-19-23-35(24-20-30)44-46-43(34-15-5-2-6-16-34)47-45(48-44)49-39-28-26-33-22-21-31-13-7-9-17-36(31)40(33)41(39)38-27-25-32-14-8-10-18-37(32)42(38)49/h1-28H. The number of fused-ring (bicyclic) bond motifs is 9. The zero-order chi connectivity index (χ0) is 32.3. The predicted molar refractivity (Wildman–Crippen MR) is 203 cm³/mol. The van der Waals surface area contributed by atoms with Gasteiger partial charge in [-0.1, -0.05) is 164 Å². The Bertz CT molecular complexity index is 2860. The van der Waals surface area contributed by atoms with Gasteiger partial charge in [0.25, 0.3) is 0 Å². The van der Waals surface area contributed by atoms with Gasteiger partial charge in [-0.15, -0.1) is 0 Å². The first kappa shape index (κ1) is 27.5. The van der Waals surface area contributed by atoms with E-state index < -0.39 is 0 Å². The maximum Gasteiger partial charge on any atom is 0.238 e. The molecule has 0 saturated heterocycles. The maximum atomic E-state index is 5.26. The molecule has 2 aromatic heterocycles. The molecule has 0 N–H and O–H groups in total. The van der Waals surface area contributed by atoms with Gasteiger partial charge in [-0.05, 0) is 44.1 Å². The Labute approximate surface area is 282 Å². The molecule has 228 valence electrons. The molecule has 49 heavy (non-hydrogen) atoms. The van der Waals surface area contributed by atoms with Crippen molar-refractivity contribution in [1.29, 1.82) is 0 Å². The summed E-state index contributed by atoms with van der Waals surface area (Å²) in [5.74, 6) is 1.85. The van der Waals surface area contributed by atoms with Gasteiger partial charge in [0.15, 0.2) is 11.6 Å². The molecule has 0 atom stereocenters. The molecule has 0 radical (unpaired) electrons. The van der Waals surface area contributed by atoms with Gasteiger partial charge in [-0.3, -0.25) is 4.57 Å². The fourth-order valence-corrected chi connectivity index (χ4v) is 7.32. The molecule has 0 fully saturated rings. The first-order chi connectivity index (χ1) is 24.3. The van der Waals surface area contributed by atoms with E-state index in [-0.39, 0.29) is 0 Å². The average Bonchev–Trinajstić information content (AvgIpc) is 3.53. The molecule has 0 spiro atoms. The Morgan fingerprint density at radius 1 is 0.327 bits per heavy atom. The number of rotatable bonds is 4. The molecule has 4 heteroatoms. The predicted octanol–water partition coefficient (Wildman–Crippen LogP) is 11.4. The van der Waals surface area contributed by atoms with Crippen molar-refractivity contribution < 1.29 is 0 Å². The van der Waals surface area contributed by atoms with Crippen molar-refractivity contribution in [3.8, 4) is 39.9 Å². The first-order valence-corrected chi connectivity index (χ1v) is 16.5. The van der Waals surface area contributed by atoms with Crippen molar-refractivity contribution in [2.45, 2.75) is 0 Å². The second-order valence-corrected chi connectivity index (χ2v) is 12.5. The molecule has 10 aromatic rings. The zero-order valence-corrected chi connectivity index (χ0v) is 26.5. The van der Waals surface area contributed by atoms with Crippen molar-refractivity contribution in [3.63, 3.8) is 0 Å². The van der Waals surface area contributed by atoms with Gasteiger partial charge in [0.1, 0.15) is 0 Å². The van der Waals surface area contributed by atoms with Crippen LogP contribution < -0.4 is 0 Å². The Balaban J connectivity index is 1.31. The van der Waals surface area contributed by atoms with Gasteiger partial charge >= 0.3 is 0 Å². The van der Waals surface area contributed by atoms with Crippen LogP contribution >= 0.6 is 0 Å². The fourth-order valence-electron chi connectivity index (χ4n) is 7.32. The minimum Gasteiger partial charge on any atom is -0.277 e. The van der Waals surface area contributed by atoms with E-state index >= 15 is 0 Å². The quantitative estimate of drug-likeness (QED) is 0.183. The van der Waals surface area contributed by atoms with Crippen LogP contribution in [0, 0.1) is 0 Å². The van der Waals surface area contributed by atoms with E-state index in [9.17, 15) is 0 Å². The van der Waals surface area contributed by atoms with E-state index in [2.05, 4.69) is 150 Å². The van der Waals surface area contributed by atoms with Crippen LogP contribution in [0.15, 0.2) is 170 Å². The van der Waals surface area contributed by atoms with Crippen molar-refractivity contribution >= 4 is 54.1 Å². The lowest BCUT2D eigenvalue weighted by molar-refractivity contribution is 0.955. The highest BCUT2D eigenvalue weighted by atomic mass is 15.2. The molecular weight excluding hydrogens is 597 g/mol. The van der Waals surface area contributed by atoms with Crippen LogP contribution in [-0.4, -0.2) is 19.5 Å². The summed E-state index contributed by atoms with van der Waals surface area (Å²) in [7, 11) is 0. The van der Waals surface area contributed by atoms with E-state index in [1.807, 2.05) is 24.3 Å². The summed E-state index contributed by atoms with van der Waals surface area (Å²) in [5, 5.41) is 9.59. The van der Waals surface area contributed by atoms with Gasteiger partial charge in [-0.2, -0.15) is 9.97 Å².